The Morgan fingerprint density at radius 3 is 2.81 bits per heavy atom. The lowest BCUT2D eigenvalue weighted by atomic mass is 10.1. The molecule has 3 nitrogen and oxygen atoms in total. The van der Waals surface area contributed by atoms with E-state index in [1.807, 2.05) is 6.92 Å². The van der Waals surface area contributed by atoms with E-state index in [1.165, 1.54) is 12.1 Å². The molecule has 1 rings (SSSR count). The van der Waals surface area contributed by atoms with Crippen LogP contribution in [0, 0.1) is 12.7 Å². The molecule has 0 aliphatic heterocycles. The van der Waals surface area contributed by atoms with Crippen LogP contribution in [0.5, 0.6) is 0 Å². The second-order valence-electron chi connectivity index (χ2n) is 3.79. The Labute approximate surface area is 95.0 Å². The van der Waals surface area contributed by atoms with Crippen LogP contribution in [-0.4, -0.2) is 19.0 Å². The van der Waals surface area contributed by atoms with Gasteiger partial charge in [0.25, 0.3) is 0 Å². The summed E-state index contributed by atoms with van der Waals surface area (Å²) in [5.41, 5.74) is 1.88. The second kappa shape index (κ2) is 5.61. The number of carbonyl (C=O) groups is 1. The molecule has 0 fully saturated rings. The average molecular weight is 224 g/mol. The Morgan fingerprint density at radius 1 is 1.50 bits per heavy atom. The van der Waals surface area contributed by atoms with Gasteiger partial charge in [0.05, 0.1) is 6.04 Å². The number of likely N-dealkylation sites (N-methyl/N-ethyl adjacent to an activating group) is 1. The van der Waals surface area contributed by atoms with Gasteiger partial charge in [0.2, 0.25) is 5.91 Å². The van der Waals surface area contributed by atoms with Gasteiger partial charge in [-0.3, -0.25) is 4.79 Å². The zero-order valence-corrected chi connectivity index (χ0v) is 9.80. The minimum absolute atomic E-state index is 0.0749. The van der Waals surface area contributed by atoms with Crippen molar-refractivity contribution in [3.63, 3.8) is 0 Å². The molecular formula is C12H17FN2O. The second-order valence-corrected chi connectivity index (χ2v) is 3.79. The molecule has 1 unspecified atom stereocenters. The van der Waals surface area contributed by atoms with Gasteiger partial charge in [0, 0.05) is 13.6 Å². The van der Waals surface area contributed by atoms with Gasteiger partial charge in [-0.1, -0.05) is 6.07 Å². The molecule has 0 spiro atoms. The number of rotatable bonds is 4. The van der Waals surface area contributed by atoms with Crippen molar-refractivity contribution in [3.8, 4) is 0 Å². The first-order chi connectivity index (χ1) is 7.54. The summed E-state index contributed by atoms with van der Waals surface area (Å²) >= 11 is 0. The summed E-state index contributed by atoms with van der Waals surface area (Å²) < 4.78 is 13.0. The predicted molar refractivity (Wildman–Crippen MR) is 61.5 cm³/mol. The van der Waals surface area contributed by atoms with E-state index in [9.17, 15) is 9.18 Å². The van der Waals surface area contributed by atoms with Crippen LogP contribution in [0.1, 0.15) is 18.1 Å². The van der Waals surface area contributed by atoms with Crippen molar-refractivity contribution in [1.82, 2.24) is 10.6 Å². The third-order valence-electron chi connectivity index (χ3n) is 2.55. The van der Waals surface area contributed by atoms with Gasteiger partial charge in [0.1, 0.15) is 5.82 Å². The Hall–Kier alpha value is -1.42. The third-order valence-corrected chi connectivity index (χ3v) is 2.55. The predicted octanol–water partition coefficient (Wildman–Crippen LogP) is 1.36. The van der Waals surface area contributed by atoms with Crippen LogP contribution in [0.25, 0.3) is 0 Å². The number of amides is 1. The van der Waals surface area contributed by atoms with Crippen LogP contribution < -0.4 is 10.6 Å². The Bertz CT molecular complexity index is 379. The minimum atomic E-state index is -0.285. The maximum Gasteiger partial charge on any atom is 0.236 e. The van der Waals surface area contributed by atoms with Crippen LogP contribution >= 0.6 is 0 Å². The molecule has 0 aromatic heterocycles. The molecule has 0 saturated heterocycles. The maximum atomic E-state index is 13.0. The molecule has 1 amide bonds. The number of hydrogen-bond donors (Lipinski definition) is 2. The topological polar surface area (TPSA) is 41.1 Å². The summed E-state index contributed by atoms with van der Waals surface area (Å²) in [7, 11) is 1.59. The minimum Gasteiger partial charge on any atom is -0.358 e. The molecule has 0 radical (unpaired) electrons. The number of halogens is 1. The van der Waals surface area contributed by atoms with Gasteiger partial charge < -0.3 is 10.6 Å². The van der Waals surface area contributed by atoms with Crippen LogP contribution in [0.3, 0.4) is 0 Å². The first-order valence-electron chi connectivity index (χ1n) is 5.24. The average Bonchev–Trinajstić information content (AvgIpc) is 2.28. The Kier molecular flexibility index (Phi) is 4.43. The van der Waals surface area contributed by atoms with E-state index in [0.717, 1.165) is 11.1 Å². The van der Waals surface area contributed by atoms with Crippen LogP contribution in [0.2, 0.25) is 0 Å². The van der Waals surface area contributed by atoms with E-state index in [2.05, 4.69) is 10.6 Å². The highest BCUT2D eigenvalue weighted by Crippen LogP contribution is 2.09. The standard InChI is InChI=1S/C12H17FN2O/c1-8-4-5-11(13)6-10(8)7-15-9(2)12(16)14-3/h4-6,9,15H,7H2,1-3H3,(H,14,16). The highest BCUT2D eigenvalue weighted by molar-refractivity contribution is 5.80. The largest absolute Gasteiger partial charge is 0.358 e. The normalized spacial score (nSPS) is 12.2. The fourth-order valence-electron chi connectivity index (χ4n) is 1.40. The zero-order chi connectivity index (χ0) is 12.1. The summed E-state index contributed by atoms with van der Waals surface area (Å²) in [4.78, 5) is 11.2. The summed E-state index contributed by atoms with van der Waals surface area (Å²) in [6.45, 7) is 4.17. The smallest absolute Gasteiger partial charge is 0.236 e. The van der Waals surface area contributed by atoms with Gasteiger partial charge in [-0.15, -0.1) is 0 Å². The first-order valence-corrected chi connectivity index (χ1v) is 5.24. The monoisotopic (exact) mass is 224 g/mol. The highest BCUT2D eigenvalue weighted by Gasteiger charge is 2.10. The summed E-state index contributed by atoms with van der Waals surface area (Å²) in [6, 6.07) is 4.37. The van der Waals surface area contributed by atoms with Crippen molar-refractivity contribution < 1.29 is 9.18 Å². The molecule has 4 heteroatoms. The van der Waals surface area contributed by atoms with Crippen molar-refractivity contribution in [2.24, 2.45) is 0 Å². The number of aryl methyl sites for hydroxylation is 1. The number of nitrogens with one attached hydrogen (secondary N) is 2. The van der Waals surface area contributed by atoms with Gasteiger partial charge in [-0.25, -0.2) is 4.39 Å². The Morgan fingerprint density at radius 2 is 2.19 bits per heavy atom. The molecule has 0 heterocycles. The van der Waals surface area contributed by atoms with Crippen LogP contribution in [-0.2, 0) is 11.3 Å². The van der Waals surface area contributed by atoms with Crippen molar-refractivity contribution in [2.75, 3.05) is 7.05 Å². The van der Waals surface area contributed by atoms with E-state index in [4.69, 9.17) is 0 Å². The molecule has 16 heavy (non-hydrogen) atoms. The maximum absolute atomic E-state index is 13.0. The van der Waals surface area contributed by atoms with Crippen molar-refractivity contribution in [2.45, 2.75) is 26.4 Å². The van der Waals surface area contributed by atoms with E-state index < -0.39 is 0 Å². The molecule has 1 aromatic carbocycles. The van der Waals surface area contributed by atoms with E-state index >= 15 is 0 Å². The van der Waals surface area contributed by atoms with Crippen molar-refractivity contribution >= 4 is 5.91 Å². The molecule has 88 valence electrons. The summed E-state index contributed by atoms with van der Waals surface area (Å²) in [6.07, 6.45) is 0. The fourth-order valence-corrected chi connectivity index (χ4v) is 1.40. The third kappa shape index (κ3) is 3.31. The van der Waals surface area contributed by atoms with Crippen molar-refractivity contribution in [3.05, 3.63) is 35.1 Å². The van der Waals surface area contributed by atoms with Gasteiger partial charge in [-0.2, -0.15) is 0 Å². The molecule has 1 aromatic rings. The van der Waals surface area contributed by atoms with Crippen LogP contribution in [0.15, 0.2) is 18.2 Å². The van der Waals surface area contributed by atoms with Gasteiger partial charge >= 0.3 is 0 Å². The molecule has 2 N–H and O–H groups in total. The molecular weight excluding hydrogens is 207 g/mol. The first kappa shape index (κ1) is 12.6. The molecule has 1 atom stereocenters. The highest BCUT2D eigenvalue weighted by atomic mass is 19.1. The zero-order valence-electron chi connectivity index (χ0n) is 9.80. The number of hydrogen-bond acceptors (Lipinski definition) is 2. The SMILES string of the molecule is CNC(=O)C(C)NCc1cc(F)ccc1C. The van der Waals surface area contributed by atoms with Gasteiger partial charge in [-0.05, 0) is 37.1 Å². The number of benzene rings is 1. The molecule has 0 aliphatic carbocycles. The lowest BCUT2D eigenvalue weighted by Crippen LogP contribution is -2.40. The van der Waals surface area contributed by atoms with E-state index in [-0.39, 0.29) is 17.8 Å². The lowest BCUT2D eigenvalue weighted by molar-refractivity contribution is -0.122. The van der Waals surface area contributed by atoms with Gasteiger partial charge in [0.15, 0.2) is 0 Å². The fraction of sp³-hybridized carbons (Fsp3) is 0.417. The lowest BCUT2D eigenvalue weighted by Gasteiger charge is -2.13. The Balaban J connectivity index is 2.60. The van der Waals surface area contributed by atoms with Crippen molar-refractivity contribution in [1.29, 1.82) is 0 Å². The summed E-state index contributed by atoms with van der Waals surface area (Å²) in [5, 5.41) is 5.59. The molecule has 0 bridgehead atoms. The quantitative estimate of drug-likeness (QED) is 0.810. The molecule has 0 aliphatic rings. The van der Waals surface area contributed by atoms with Crippen LogP contribution in [0.4, 0.5) is 4.39 Å². The number of carbonyl (C=O) groups excluding carboxylic acids is 1. The van der Waals surface area contributed by atoms with E-state index in [0.29, 0.717) is 6.54 Å². The van der Waals surface area contributed by atoms with E-state index in [1.54, 1.807) is 20.0 Å². The molecule has 0 saturated carbocycles. The summed E-state index contributed by atoms with van der Waals surface area (Å²) in [5.74, 6) is -0.330.